The quantitative estimate of drug-likeness (QED) is 0.263. The third-order valence-corrected chi connectivity index (χ3v) is 5.64. The van der Waals surface area contributed by atoms with Gasteiger partial charge in [-0.2, -0.15) is 4.99 Å². The van der Waals surface area contributed by atoms with Gasteiger partial charge in [0.1, 0.15) is 16.9 Å². The van der Waals surface area contributed by atoms with E-state index in [-0.39, 0.29) is 53.0 Å². The van der Waals surface area contributed by atoms with Crippen LogP contribution in [0.3, 0.4) is 0 Å². The van der Waals surface area contributed by atoms with E-state index in [1.54, 1.807) is 37.4 Å². The molecular formula is C26H26N4O7. The fourth-order valence-electron chi connectivity index (χ4n) is 3.88. The third kappa shape index (κ3) is 4.94. The Balaban J connectivity index is 2.07. The van der Waals surface area contributed by atoms with Crippen LogP contribution in [0.15, 0.2) is 58.4 Å². The number of amides is 1. The molecule has 1 aromatic carbocycles. The summed E-state index contributed by atoms with van der Waals surface area (Å²) in [6, 6.07) is 11.1. The van der Waals surface area contributed by atoms with Gasteiger partial charge in [0.25, 0.3) is 11.5 Å². The molecule has 3 aromatic heterocycles. The minimum atomic E-state index is -0.730. The van der Waals surface area contributed by atoms with E-state index in [9.17, 15) is 14.4 Å². The van der Waals surface area contributed by atoms with Gasteiger partial charge in [-0.05, 0) is 43.3 Å². The normalized spacial score (nSPS) is 11.6. The first-order chi connectivity index (χ1) is 17.9. The molecule has 0 saturated carbocycles. The first-order valence-corrected chi connectivity index (χ1v) is 11.5. The molecule has 11 nitrogen and oxygen atoms in total. The zero-order valence-electron chi connectivity index (χ0n) is 20.9. The molecule has 0 bridgehead atoms. The second kappa shape index (κ2) is 11.0. The minimum absolute atomic E-state index is 0.00466. The molecular weight excluding hydrogens is 480 g/mol. The molecule has 3 heterocycles. The third-order valence-electron chi connectivity index (χ3n) is 5.64. The summed E-state index contributed by atoms with van der Waals surface area (Å²) in [5.74, 6) is -0.578. The van der Waals surface area contributed by atoms with E-state index < -0.39 is 11.9 Å². The number of hydrogen-bond acceptors (Lipinski definition) is 8. The van der Waals surface area contributed by atoms with Crippen molar-refractivity contribution in [3.05, 3.63) is 75.6 Å². The summed E-state index contributed by atoms with van der Waals surface area (Å²) in [5, 5.41) is 0.167. The van der Waals surface area contributed by atoms with Crippen molar-refractivity contribution in [3.63, 3.8) is 0 Å². The maximum absolute atomic E-state index is 13.3. The summed E-state index contributed by atoms with van der Waals surface area (Å²) in [4.78, 5) is 48.6. The molecule has 0 aliphatic heterocycles. The molecule has 0 N–H and O–H groups in total. The Bertz CT molecular complexity index is 1620. The zero-order chi connectivity index (χ0) is 26.5. The molecule has 192 valence electrons. The van der Waals surface area contributed by atoms with Crippen LogP contribution in [0, 0.1) is 0 Å². The lowest BCUT2D eigenvalue weighted by Gasteiger charge is -2.15. The number of nitrogens with zero attached hydrogens (tertiary/aromatic N) is 4. The highest BCUT2D eigenvalue weighted by atomic mass is 16.5. The molecule has 0 aliphatic carbocycles. The molecule has 0 saturated heterocycles. The number of aromatic nitrogens is 3. The van der Waals surface area contributed by atoms with Crippen LogP contribution in [-0.2, 0) is 16.0 Å². The lowest BCUT2D eigenvalue weighted by Crippen LogP contribution is -2.33. The first-order valence-electron chi connectivity index (χ1n) is 11.5. The number of pyridine rings is 2. The average molecular weight is 507 g/mol. The van der Waals surface area contributed by atoms with Crippen molar-refractivity contribution in [1.29, 1.82) is 0 Å². The van der Waals surface area contributed by atoms with Crippen LogP contribution < -0.4 is 20.5 Å². The molecule has 0 unspecified atom stereocenters. The van der Waals surface area contributed by atoms with E-state index in [1.807, 2.05) is 0 Å². The van der Waals surface area contributed by atoms with E-state index in [0.717, 1.165) is 0 Å². The van der Waals surface area contributed by atoms with Gasteiger partial charge in [-0.3, -0.25) is 14.0 Å². The molecule has 0 atom stereocenters. The van der Waals surface area contributed by atoms with Gasteiger partial charge >= 0.3 is 5.97 Å². The lowest BCUT2D eigenvalue weighted by atomic mass is 10.1. The first kappa shape index (κ1) is 25.6. The van der Waals surface area contributed by atoms with Crippen LogP contribution in [0.4, 0.5) is 0 Å². The highest BCUT2D eigenvalue weighted by Gasteiger charge is 2.20. The second-order valence-corrected chi connectivity index (χ2v) is 7.82. The largest absolute Gasteiger partial charge is 0.493 e. The van der Waals surface area contributed by atoms with Crippen LogP contribution in [-0.4, -0.2) is 60.4 Å². The summed E-state index contributed by atoms with van der Waals surface area (Å²) in [6.07, 6.45) is 1.59. The summed E-state index contributed by atoms with van der Waals surface area (Å²) >= 11 is 0. The molecule has 11 heteroatoms. The summed E-state index contributed by atoms with van der Waals surface area (Å²) in [6.45, 7) is 2.11. The van der Waals surface area contributed by atoms with Gasteiger partial charge in [0.2, 0.25) is 0 Å². The zero-order valence-corrected chi connectivity index (χ0v) is 20.9. The standard InChI is InChI=1S/C26H26N4O7/c1-5-37-26(33)18-15-17-22(27-21-8-6-7-11-29(21)25(17)32)30(12-13-34-2)23(18)28-24(31)16-9-10-19(35-3)20(14-16)36-4/h6-11,14-15H,5,12-13H2,1-4H3. The van der Waals surface area contributed by atoms with Crippen molar-refractivity contribution in [1.82, 2.24) is 14.0 Å². The van der Waals surface area contributed by atoms with Gasteiger partial charge in [0, 0.05) is 25.4 Å². The maximum Gasteiger partial charge on any atom is 0.341 e. The van der Waals surface area contributed by atoms with Crippen LogP contribution in [0.1, 0.15) is 27.6 Å². The summed E-state index contributed by atoms with van der Waals surface area (Å²) in [7, 11) is 4.46. The van der Waals surface area contributed by atoms with Crippen LogP contribution >= 0.6 is 0 Å². The molecule has 1 amide bonds. The smallest absolute Gasteiger partial charge is 0.341 e. The highest BCUT2D eigenvalue weighted by Crippen LogP contribution is 2.27. The Kier molecular flexibility index (Phi) is 7.63. The molecule has 0 spiro atoms. The Hall–Kier alpha value is -4.51. The van der Waals surface area contributed by atoms with Gasteiger partial charge in [-0.1, -0.05) is 6.07 Å². The van der Waals surface area contributed by atoms with Gasteiger partial charge in [0.05, 0.1) is 32.8 Å². The number of ether oxygens (including phenoxy) is 4. The predicted octanol–water partition coefficient (Wildman–Crippen LogP) is 2.23. The Morgan fingerprint density at radius 2 is 1.81 bits per heavy atom. The number of carbonyl (C=O) groups is 2. The van der Waals surface area contributed by atoms with Crippen molar-refractivity contribution < 1.29 is 28.5 Å². The number of benzene rings is 1. The Morgan fingerprint density at radius 3 is 2.51 bits per heavy atom. The fraction of sp³-hybridized carbons (Fsp3) is 0.269. The number of fused-ring (bicyclic) bond motifs is 2. The molecule has 0 aliphatic rings. The number of esters is 1. The van der Waals surface area contributed by atoms with Crippen molar-refractivity contribution in [2.24, 2.45) is 4.99 Å². The second-order valence-electron chi connectivity index (χ2n) is 7.82. The van der Waals surface area contributed by atoms with E-state index in [1.165, 1.54) is 48.5 Å². The van der Waals surface area contributed by atoms with Crippen molar-refractivity contribution in [2.75, 3.05) is 34.5 Å². The molecule has 37 heavy (non-hydrogen) atoms. The van der Waals surface area contributed by atoms with Crippen LogP contribution in [0.2, 0.25) is 0 Å². The SMILES string of the molecule is CCOC(=O)c1cc2c(=O)n3ccccc3nc2n(CCOC)c1=NC(=O)c1ccc(OC)c(OC)c1. The monoisotopic (exact) mass is 506 g/mol. The summed E-state index contributed by atoms with van der Waals surface area (Å²) < 4.78 is 23.9. The minimum Gasteiger partial charge on any atom is -0.493 e. The highest BCUT2D eigenvalue weighted by molar-refractivity contribution is 5.97. The van der Waals surface area contributed by atoms with E-state index in [4.69, 9.17) is 18.9 Å². The van der Waals surface area contributed by atoms with E-state index in [2.05, 4.69) is 9.98 Å². The maximum atomic E-state index is 13.3. The molecule has 4 aromatic rings. The van der Waals surface area contributed by atoms with Crippen molar-refractivity contribution >= 4 is 28.6 Å². The fourth-order valence-corrected chi connectivity index (χ4v) is 3.88. The number of rotatable bonds is 8. The van der Waals surface area contributed by atoms with Gasteiger partial charge in [0.15, 0.2) is 17.0 Å². The van der Waals surface area contributed by atoms with Crippen molar-refractivity contribution in [3.8, 4) is 11.5 Å². The molecule has 0 radical (unpaired) electrons. The molecule has 4 rings (SSSR count). The summed E-state index contributed by atoms with van der Waals surface area (Å²) in [5.41, 5.74) is 0.420. The lowest BCUT2D eigenvalue weighted by molar-refractivity contribution is 0.0523. The van der Waals surface area contributed by atoms with E-state index in [0.29, 0.717) is 17.1 Å². The van der Waals surface area contributed by atoms with Crippen molar-refractivity contribution in [2.45, 2.75) is 13.5 Å². The van der Waals surface area contributed by atoms with Crippen LogP contribution in [0.25, 0.3) is 16.7 Å². The number of methoxy groups -OCH3 is 3. The van der Waals surface area contributed by atoms with Gasteiger partial charge in [-0.15, -0.1) is 0 Å². The predicted molar refractivity (Wildman–Crippen MR) is 134 cm³/mol. The van der Waals surface area contributed by atoms with Gasteiger partial charge < -0.3 is 23.5 Å². The molecule has 0 fully saturated rings. The Morgan fingerprint density at radius 1 is 1.03 bits per heavy atom. The van der Waals surface area contributed by atoms with Gasteiger partial charge in [-0.25, -0.2) is 9.78 Å². The number of hydrogen-bond donors (Lipinski definition) is 0. The van der Waals surface area contributed by atoms with Crippen LogP contribution in [0.5, 0.6) is 11.5 Å². The van der Waals surface area contributed by atoms with E-state index >= 15 is 0 Å². The number of carbonyl (C=O) groups excluding carboxylic acids is 2. The topological polar surface area (TPSA) is 123 Å². The average Bonchev–Trinajstić information content (AvgIpc) is 2.92. The Labute approximate surface area is 211 Å².